The van der Waals surface area contributed by atoms with Crippen LogP contribution in [0.3, 0.4) is 0 Å². The van der Waals surface area contributed by atoms with Gasteiger partial charge in [0.05, 0.1) is 4.90 Å². The Balaban J connectivity index is 2.25. The monoisotopic (exact) mass is 269 g/mol. The minimum atomic E-state index is -3.17. The fourth-order valence-electron chi connectivity index (χ4n) is 2.17. The molecule has 0 bridgehead atoms. The average Bonchev–Trinajstić information content (AvgIpc) is 2.26. The first kappa shape index (κ1) is 13.4. The van der Waals surface area contributed by atoms with Crippen molar-refractivity contribution >= 4 is 9.84 Å². The SMILES string of the molecule is CN(C)C[C@@H]1CCc2ccc(S(C)(=O)=O)cc2O1. The maximum absolute atomic E-state index is 11.5. The molecule has 0 aromatic heterocycles. The molecule has 4 nitrogen and oxygen atoms in total. The van der Waals surface area contributed by atoms with Crippen molar-refractivity contribution in [2.24, 2.45) is 0 Å². The molecule has 1 aromatic carbocycles. The van der Waals surface area contributed by atoms with Crippen LogP contribution in [0.1, 0.15) is 12.0 Å². The van der Waals surface area contributed by atoms with E-state index < -0.39 is 9.84 Å². The maximum Gasteiger partial charge on any atom is 0.175 e. The Bertz CT molecular complexity index is 537. The van der Waals surface area contributed by atoms with Crippen LogP contribution in [-0.4, -0.2) is 46.3 Å². The number of fused-ring (bicyclic) bond motifs is 1. The van der Waals surface area contributed by atoms with Crippen molar-refractivity contribution in [3.63, 3.8) is 0 Å². The van der Waals surface area contributed by atoms with Crippen molar-refractivity contribution in [2.75, 3.05) is 26.9 Å². The molecule has 0 N–H and O–H groups in total. The highest BCUT2D eigenvalue weighted by Gasteiger charge is 2.21. The first-order chi connectivity index (χ1) is 8.36. The molecule has 5 heteroatoms. The van der Waals surface area contributed by atoms with Gasteiger partial charge in [0.15, 0.2) is 9.84 Å². The van der Waals surface area contributed by atoms with Gasteiger partial charge in [0.1, 0.15) is 11.9 Å². The van der Waals surface area contributed by atoms with E-state index in [0.29, 0.717) is 4.90 Å². The molecule has 0 fully saturated rings. The minimum Gasteiger partial charge on any atom is -0.489 e. The zero-order chi connectivity index (χ0) is 13.3. The van der Waals surface area contributed by atoms with Gasteiger partial charge >= 0.3 is 0 Å². The smallest absolute Gasteiger partial charge is 0.175 e. The highest BCUT2D eigenvalue weighted by molar-refractivity contribution is 7.90. The molecular weight excluding hydrogens is 250 g/mol. The van der Waals surface area contributed by atoms with Crippen molar-refractivity contribution in [1.29, 1.82) is 0 Å². The van der Waals surface area contributed by atoms with Crippen molar-refractivity contribution < 1.29 is 13.2 Å². The van der Waals surface area contributed by atoms with Gasteiger partial charge in [-0.05, 0) is 44.6 Å². The lowest BCUT2D eigenvalue weighted by molar-refractivity contribution is 0.137. The summed E-state index contributed by atoms with van der Waals surface area (Å²) in [6, 6.07) is 5.16. The second-order valence-electron chi connectivity index (χ2n) is 5.08. The lowest BCUT2D eigenvalue weighted by Gasteiger charge is -2.28. The summed E-state index contributed by atoms with van der Waals surface area (Å²) in [6.45, 7) is 0.850. The Labute approximate surface area is 108 Å². The molecule has 0 spiro atoms. The van der Waals surface area contributed by atoms with Gasteiger partial charge in [0.25, 0.3) is 0 Å². The molecule has 0 unspecified atom stereocenters. The quantitative estimate of drug-likeness (QED) is 0.831. The Hall–Kier alpha value is -1.07. The summed E-state index contributed by atoms with van der Waals surface area (Å²) in [4.78, 5) is 2.41. The molecule has 1 atom stereocenters. The van der Waals surface area contributed by atoms with E-state index in [9.17, 15) is 8.42 Å². The molecule has 0 saturated carbocycles. The van der Waals surface area contributed by atoms with Gasteiger partial charge in [-0.15, -0.1) is 0 Å². The summed E-state index contributed by atoms with van der Waals surface area (Å²) >= 11 is 0. The Kier molecular flexibility index (Phi) is 3.64. The molecule has 100 valence electrons. The second kappa shape index (κ2) is 4.90. The molecule has 0 amide bonds. The van der Waals surface area contributed by atoms with Gasteiger partial charge in [-0.1, -0.05) is 6.07 Å². The fourth-order valence-corrected chi connectivity index (χ4v) is 2.81. The predicted molar refractivity (Wildman–Crippen MR) is 70.8 cm³/mol. The van der Waals surface area contributed by atoms with E-state index in [4.69, 9.17) is 4.74 Å². The summed E-state index contributed by atoms with van der Waals surface area (Å²) < 4.78 is 28.9. The molecule has 1 aliphatic rings. The van der Waals surface area contributed by atoms with Crippen molar-refractivity contribution in [3.8, 4) is 5.75 Å². The fraction of sp³-hybridized carbons (Fsp3) is 0.538. The molecule has 0 radical (unpaired) electrons. The molecule has 1 aromatic rings. The number of sulfone groups is 1. The first-order valence-electron chi connectivity index (χ1n) is 6.00. The van der Waals surface area contributed by atoms with Gasteiger partial charge in [-0.3, -0.25) is 0 Å². The second-order valence-corrected chi connectivity index (χ2v) is 7.10. The van der Waals surface area contributed by atoms with Gasteiger partial charge in [0.2, 0.25) is 0 Å². The van der Waals surface area contributed by atoms with Crippen LogP contribution in [0.2, 0.25) is 0 Å². The van der Waals surface area contributed by atoms with Crippen LogP contribution >= 0.6 is 0 Å². The summed E-state index contributed by atoms with van der Waals surface area (Å²) in [5, 5.41) is 0. The third kappa shape index (κ3) is 3.03. The number of ether oxygens (including phenoxy) is 1. The summed E-state index contributed by atoms with van der Waals surface area (Å²) in [5.74, 6) is 0.719. The minimum absolute atomic E-state index is 0.141. The molecule has 0 saturated heterocycles. The van der Waals surface area contributed by atoms with E-state index in [2.05, 4.69) is 4.90 Å². The lowest BCUT2D eigenvalue weighted by atomic mass is 10.0. The largest absolute Gasteiger partial charge is 0.489 e. The third-order valence-corrected chi connectivity index (χ3v) is 4.18. The molecular formula is C13H19NO3S. The number of rotatable bonds is 3. The van der Waals surface area contributed by atoms with Crippen LogP contribution in [0, 0.1) is 0 Å². The van der Waals surface area contributed by atoms with Crippen LogP contribution in [-0.2, 0) is 16.3 Å². The van der Waals surface area contributed by atoms with E-state index in [0.717, 1.165) is 30.7 Å². The van der Waals surface area contributed by atoms with Gasteiger partial charge in [-0.25, -0.2) is 8.42 Å². The molecule has 2 rings (SSSR count). The van der Waals surface area contributed by atoms with E-state index in [1.165, 1.54) is 6.26 Å². The van der Waals surface area contributed by atoms with Crippen molar-refractivity contribution in [2.45, 2.75) is 23.8 Å². The molecule has 1 heterocycles. The number of likely N-dealkylation sites (N-methyl/N-ethyl adjacent to an activating group) is 1. The number of hydrogen-bond acceptors (Lipinski definition) is 4. The lowest BCUT2D eigenvalue weighted by Crippen LogP contribution is -2.33. The van der Waals surface area contributed by atoms with Crippen molar-refractivity contribution in [1.82, 2.24) is 4.90 Å². The van der Waals surface area contributed by atoms with Crippen molar-refractivity contribution in [3.05, 3.63) is 23.8 Å². The molecule has 18 heavy (non-hydrogen) atoms. The van der Waals surface area contributed by atoms with E-state index in [1.54, 1.807) is 12.1 Å². The molecule has 0 aliphatic carbocycles. The third-order valence-electron chi connectivity index (χ3n) is 3.06. The zero-order valence-corrected chi connectivity index (χ0v) is 11.8. The standard InChI is InChI=1S/C13H19NO3S/c1-14(2)9-11-6-4-10-5-7-12(18(3,15)16)8-13(10)17-11/h5,7-8,11H,4,6,9H2,1-3H3/t11-/m0/s1. The van der Waals surface area contributed by atoms with Crippen LogP contribution in [0.25, 0.3) is 0 Å². The zero-order valence-electron chi connectivity index (χ0n) is 11.0. The maximum atomic E-state index is 11.5. The van der Waals surface area contributed by atoms with Crippen LogP contribution in [0.5, 0.6) is 5.75 Å². The van der Waals surface area contributed by atoms with Crippen LogP contribution < -0.4 is 4.74 Å². The Morgan fingerprint density at radius 3 is 2.72 bits per heavy atom. The number of benzene rings is 1. The first-order valence-corrected chi connectivity index (χ1v) is 7.90. The summed E-state index contributed by atoms with van der Waals surface area (Å²) in [7, 11) is 0.844. The topological polar surface area (TPSA) is 46.6 Å². The van der Waals surface area contributed by atoms with Crippen LogP contribution in [0.15, 0.2) is 23.1 Å². The summed E-state index contributed by atoms with van der Waals surface area (Å²) in [5.41, 5.74) is 1.09. The predicted octanol–water partition coefficient (Wildman–Crippen LogP) is 1.35. The summed E-state index contributed by atoms with van der Waals surface area (Å²) in [6.07, 6.45) is 3.28. The van der Waals surface area contributed by atoms with E-state index in [1.807, 2.05) is 20.2 Å². The van der Waals surface area contributed by atoms with E-state index >= 15 is 0 Å². The average molecular weight is 269 g/mol. The molecule has 1 aliphatic heterocycles. The Morgan fingerprint density at radius 2 is 2.11 bits per heavy atom. The van der Waals surface area contributed by atoms with E-state index in [-0.39, 0.29) is 6.10 Å². The van der Waals surface area contributed by atoms with Gasteiger partial charge in [0, 0.05) is 12.8 Å². The normalized spacial score (nSPS) is 19.4. The Morgan fingerprint density at radius 1 is 1.39 bits per heavy atom. The highest BCUT2D eigenvalue weighted by Crippen LogP contribution is 2.30. The number of nitrogens with zero attached hydrogens (tertiary/aromatic N) is 1. The number of aryl methyl sites for hydroxylation is 1. The van der Waals surface area contributed by atoms with Gasteiger partial charge < -0.3 is 9.64 Å². The number of hydrogen-bond donors (Lipinski definition) is 0. The highest BCUT2D eigenvalue weighted by atomic mass is 32.2. The van der Waals surface area contributed by atoms with Crippen LogP contribution in [0.4, 0.5) is 0 Å². The van der Waals surface area contributed by atoms with Gasteiger partial charge in [-0.2, -0.15) is 0 Å².